The van der Waals surface area contributed by atoms with Crippen LogP contribution in [0.25, 0.3) is 0 Å². The van der Waals surface area contributed by atoms with Gasteiger partial charge in [0.05, 0.1) is 13.2 Å². The summed E-state index contributed by atoms with van der Waals surface area (Å²) in [5.74, 6) is -3.54. The van der Waals surface area contributed by atoms with Crippen LogP contribution >= 0.6 is 0 Å². The fraction of sp³-hybridized carbons (Fsp3) is 0.692. The first-order chi connectivity index (χ1) is 10.8. The van der Waals surface area contributed by atoms with Gasteiger partial charge in [0.15, 0.2) is 0 Å². The maximum Gasteiger partial charge on any atom is 0.322 e. The molecule has 0 heterocycles. The minimum absolute atomic E-state index is 0.280. The fourth-order valence-electron chi connectivity index (χ4n) is 1.68. The van der Waals surface area contributed by atoms with E-state index in [1.807, 2.05) is 0 Å². The Morgan fingerprint density at radius 3 is 2.17 bits per heavy atom. The van der Waals surface area contributed by atoms with E-state index >= 15 is 0 Å². The topological polar surface area (TPSA) is 171 Å². The van der Waals surface area contributed by atoms with Crippen molar-refractivity contribution in [2.75, 3.05) is 19.7 Å². The zero-order valence-electron chi connectivity index (χ0n) is 13.2. The van der Waals surface area contributed by atoms with Gasteiger partial charge < -0.3 is 31.9 Å². The average molecular weight is 332 g/mol. The molecule has 7 N–H and O–H groups in total. The summed E-state index contributed by atoms with van der Waals surface area (Å²) in [6.45, 7) is 1.92. The summed E-state index contributed by atoms with van der Waals surface area (Å²) in [7, 11) is 0. The van der Waals surface area contributed by atoms with E-state index < -0.39 is 48.9 Å². The molecule has 3 unspecified atom stereocenters. The van der Waals surface area contributed by atoms with E-state index in [0.29, 0.717) is 6.42 Å². The van der Waals surface area contributed by atoms with Crippen LogP contribution in [-0.2, 0) is 19.2 Å². The lowest BCUT2D eigenvalue weighted by Gasteiger charge is -2.25. The number of nitrogens with one attached hydrogen (secondary N) is 3. The molecule has 10 nitrogen and oxygen atoms in total. The molecule has 0 aromatic heterocycles. The Labute approximate surface area is 133 Å². The van der Waals surface area contributed by atoms with Crippen LogP contribution in [0.15, 0.2) is 0 Å². The van der Waals surface area contributed by atoms with Crippen LogP contribution in [0.4, 0.5) is 0 Å². The number of hydrogen-bond donors (Lipinski definition) is 6. The van der Waals surface area contributed by atoms with Gasteiger partial charge in [0, 0.05) is 0 Å². The lowest BCUT2D eigenvalue weighted by atomic mass is 9.98. The Kier molecular flexibility index (Phi) is 9.51. The Hall–Kier alpha value is -2.20. The second-order valence-electron chi connectivity index (χ2n) is 4.99. The molecule has 0 fully saturated rings. The molecule has 0 aliphatic rings. The van der Waals surface area contributed by atoms with Crippen molar-refractivity contribution in [3.63, 3.8) is 0 Å². The third-order valence-corrected chi connectivity index (χ3v) is 3.23. The van der Waals surface area contributed by atoms with Gasteiger partial charge >= 0.3 is 5.97 Å². The molecule has 3 atom stereocenters. The number of carboxylic acids is 1. The van der Waals surface area contributed by atoms with Gasteiger partial charge in [-0.25, -0.2) is 0 Å². The molecule has 23 heavy (non-hydrogen) atoms. The number of carbonyl (C=O) groups is 4. The number of nitrogens with two attached hydrogens (primary N) is 1. The summed E-state index contributed by atoms with van der Waals surface area (Å²) in [4.78, 5) is 45.8. The van der Waals surface area contributed by atoms with Gasteiger partial charge in [-0.15, -0.1) is 0 Å². The van der Waals surface area contributed by atoms with E-state index in [-0.39, 0.29) is 12.5 Å². The molecule has 0 rings (SSSR count). The summed E-state index contributed by atoms with van der Waals surface area (Å²) in [6.07, 6.45) is 0.546. The fourth-order valence-corrected chi connectivity index (χ4v) is 1.68. The van der Waals surface area contributed by atoms with Crippen molar-refractivity contribution in [1.29, 1.82) is 0 Å². The van der Waals surface area contributed by atoms with Crippen LogP contribution in [0.3, 0.4) is 0 Å². The predicted octanol–water partition coefficient (Wildman–Crippen LogP) is -2.85. The van der Waals surface area contributed by atoms with Gasteiger partial charge in [-0.3, -0.25) is 19.2 Å². The van der Waals surface area contributed by atoms with Crippen molar-refractivity contribution in [3.05, 3.63) is 0 Å². The van der Waals surface area contributed by atoms with Crippen LogP contribution in [0.2, 0.25) is 0 Å². The maximum atomic E-state index is 12.1. The Bertz CT molecular complexity index is 442. The third kappa shape index (κ3) is 7.56. The van der Waals surface area contributed by atoms with Crippen LogP contribution < -0.4 is 21.7 Å². The highest BCUT2D eigenvalue weighted by atomic mass is 16.4. The van der Waals surface area contributed by atoms with Crippen LogP contribution in [0, 0.1) is 5.92 Å². The lowest BCUT2D eigenvalue weighted by molar-refractivity contribution is -0.139. The van der Waals surface area contributed by atoms with E-state index in [9.17, 15) is 19.2 Å². The molecule has 0 saturated carbocycles. The summed E-state index contributed by atoms with van der Waals surface area (Å²) in [5, 5.41) is 24.6. The second-order valence-corrected chi connectivity index (χ2v) is 4.99. The summed E-state index contributed by atoms with van der Waals surface area (Å²) < 4.78 is 0. The van der Waals surface area contributed by atoms with Crippen molar-refractivity contribution in [1.82, 2.24) is 16.0 Å². The number of hydrogen-bond acceptors (Lipinski definition) is 6. The standard InChI is InChI=1S/C13H24N4O6/c1-3-7(2)11(13(23)15-5-10(20)21)17-12(22)8(6-18)16-9(19)4-14/h7-8,11,18H,3-6,14H2,1-2H3,(H,15,23)(H,16,19)(H,17,22)(H,20,21). The molecule has 132 valence electrons. The molecular weight excluding hydrogens is 308 g/mol. The number of aliphatic hydroxyl groups is 1. The van der Waals surface area contributed by atoms with Gasteiger partial charge in [-0.1, -0.05) is 20.3 Å². The number of aliphatic carboxylic acids is 1. The van der Waals surface area contributed by atoms with E-state index in [0.717, 1.165) is 0 Å². The predicted molar refractivity (Wildman–Crippen MR) is 80.1 cm³/mol. The number of carboxylic acid groups (broad SMARTS) is 1. The van der Waals surface area contributed by atoms with Gasteiger partial charge in [-0.05, 0) is 5.92 Å². The van der Waals surface area contributed by atoms with Gasteiger partial charge in [-0.2, -0.15) is 0 Å². The van der Waals surface area contributed by atoms with Gasteiger partial charge in [0.1, 0.15) is 18.6 Å². The minimum Gasteiger partial charge on any atom is -0.480 e. The highest BCUT2D eigenvalue weighted by Crippen LogP contribution is 2.08. The molecule has 3 amide bonds. The maximum absolute atomic E-state index is 12.1. The van der Waals surface area contributed by atoms with Crippen molar-refractivity contribution in [2.45, 2.75) is 32.4 Å². The van der Waals surface area contributed by atoms with E-state index in [4.69, 9.17) is 15.9 Å². The Morgan fingerprint density at radius 1 is 1.13 bits per heavy atom. The van der Waals surface area contributed by atoms with E-state index in [2.05, 4.69) is 16.0 Å². The SMILES string of the molecule is CCC(C)C(NC(=O)C(CO)NC(=O)CN)C(=O)NCC(=O)O. The summed E-state index contributed by atoms with van der Waals surface area (Å²) in [6, 6.07) is -2.24. The number of amides is 3. The van der Waals surface area contributed by atoms with Crippen molar-refractivity contribution in [3.8, 4) is 0 Å². The molecule has 0 spiro atoms. The molecule has 0 aromatic rings. The third-order valence-electron chi connectivity index (χ3n) is 3.23. The molecule has 0 aliphatic heterocycles. The highest BCUT2D eigenvalue weighted by molar-refractivity contribution is 5.93. The molecular formula is C13H24N4O6. The van der Waals surface area contributed by atoms with E-state index in [1.54, 1.807) is 13.8 Å². The van der Waals surface area contributed by atoms with Gasteiger partial charge in [0.25, 0.3) is 0 Å². The van der Waals surface area contributed by atoms with Crippen LogP contribution in [-0.4, -0.2) is 65.7 Å². The molecule has 0 bridgehead atoms. The minimum atomic E-state index is -1.25. The van der Waals surface area contributed by atoms with Crippen LogP contribution in [0.1, 0.15) is 20.3 Å². The number of rotatable bonds is 10. The zero-order valence-corrected chi connectivity index (χ0v) is 13.2. The van der Waals surface area contributed by atoms with Crippen molar-refractivity contribution < 1.29 is 29.4 Å². The van der Waals surface area contributed by atoms with Gasteiger partial charge in [0.2, 0.25) is 17.7 Å². The Balaban J connectivity index is 4.92. The van der Waals surface area contributed by atoms with Crippen molar-refractivity contribution in [2.24, 2.45) is 11.7 Å². The van der Waals surface area contributed by atoms with E-state index in [1.165, 1.54) is 0 Å². The second kappa shape index (κ2) is 10.5. The number of aliphatic hydroxyl groups excluding tert-OH is 1. The molecule has 0 aromatic carbocycles. The first-order valence-electron chi connectivity index (χ1n) is 7.16. The Morgan fingerprint density at radius 2 is 1.74 bits per heavy atom. The quantitative estimate of drug-likeness (QED) is 0.250. The molecule has 0 aliphatic carbocycles. The van der Waals surface area contributed by atoms with Crippen LogP contribution in [0.5, 0.6) is 0 Å². The lowest BCUT2D eigenvalue weighted by Crippen LogP contribution is -2.57. The smallest absolute Gasteiger partial charge is 0.322 e. The molecule has 10 heteroatoms. The first kappa shape index (κ1) is 20.8. The highest BCUT2D eigenvalue weighted by Gasteiger charge is 2.29. The van der Waals surface area contributed by atoms with Crippen molar-refractivity contribution >= 4 is 23.7 Å². The first-order valence-corrected chi connectivity index (χ1v) is 7.16. The largest absolute Gasteiger partial charge is 0.480 e. The summed E-state index contributed by atoms with van der Waals surface area (Å²) in [5.41, 5.74) is 5.12. The number of carbonyl (C=O) groups excluding carboxylic acids is 3. The summed E-state index contributed by atoms with van der Waals surface area (Å²) >= 11 is 0. The average Bonchev–Trinajstić information content (AvgIpc) is 2.53. The molecule has 0 radical (unpaired) electrons. The monoisotopic (exact) mass is 332 g/mol. The zero-order chi connectivity index (χ0) is 18.0. The normalized spacial score (nSPS) is 14.3. The molecule has 0 saturated heterocycles.